The number of carbonyl (C=O) groups is 2. The minimum Gasteiger partial charge on any atom is -0.394 e. The molecule has 0 saturated carbocycles. The summed E-state index contributed by atoms with van der Waals surface area (Å²) >= 11 is 0. The highest BCUT2D eigenvalue weighted by molar-refractivity contribution is 5.97. The zero-order valence-electron chi connectivity index (χ0n) is 12.4. The first kappa shape index (κ1) is 16.9. The van der Waals surface area contributed by atoms with Gasteiger partial charge in [-0.15, -0.1) is 6.58 Å². The summed E-state index contributed by atoms with van der Waals surface area (Å²) in [4.78, 5) is 24.0. The third-order valence-electron chi connectivity index (χ3n) is 3.04. The van der Waals surface area contributed by atoms with Gasteiger partial charge >= 0.3 is 0 Å². The Morgan fingerprint density at radius 2 is 2.10 bits per heavy atom. The summed E-state index contributed by atoms with van der Waals surface area (Å²) in [5.74, 6) is -0.637. The smallest absolute Gasteiger partial charge is 0.251 e. The van der Waals surface area contributed by atoms with Crippen LogP contribution in [0.1, 0.15) is 29.3 Å². The number of rotatable bonds is 7. The Hall–Kier alpha value is -2.14. The number of aliphatic hydroxyl groups excluding tert-OH is 1. The zero-order valence-corrected chi connectivity index (χ0v) is 12.4. The Bertz CT molecular complexity index is 514. The number of aryl methyl sites for hydroxylation is 1. The van der Waals surface area contributed by atoms with E-state index in [2.05, 4.69) is 17.2 Å². The lowest BCUT2D eigenvalue weighted by molar-refractivity contribution is -0.123. The van der Waals surface area contributed by atoms with Crippen LogP contribution in [0.3, 0.4) is 0 Å². The van der Waals surface area contributed by atoms with Gasteiger partial charge in [0.1, 0.15) is 6.04 Å². The minimum atomic E-state index is -0.683. The fourth-order valence-electron chi connectivity index (χ4n) is 1.84. The molecule has 1 rings (SSSR count). The van der Waals surface area contributed by atoms with E-state index in [-0.39, 0.29) is 24.5 Å². The van der Waals surface area contributed by atoms with Crippen LogP contribution >= 0.6 is 0 Å². The van der Waals surface area contributed by atoms with Gasteiger partial charge in [-0.25, -0.2) is 0 Å². The van der Waals surface area contributed by atoms with Crippen molar-refractivity contribution in [2.24, 2.45) is 0 Å². The van der Waals surface area contributed by atoms with E-state index in [4.69, 9.17) is 5.11 Å². The molecular weight excluding hydrogens is 268 g/mol. The molecule has 0 radical (unpaired) electrons. The molecule has 0 aliphatic carbocycles. The van der Waals surface area contributed by atoms with Crippen LogP contribution in [0.4, 0.5) is 0 Å². The first-order valence-corrected chi connectivity index (χ1v) is 6.87. The highest BCUT2D eigenvalue weighted by Gasteiger charge is 2.19. The maximum atomic E-state index is 12.0. The lowest BCUT2D eigenvalue weighted by Crippen LogP contribution is -2.48. The van der Waals surface area contributed by atoms with Gasteiger partial charge in [-0.1, -0.05) is 23.8 Å². The van der Waals surface area contributed by atoms with Crippen LogP contribution in [-0.4, -0.2) is 35.6 Å². The Balaban J connectivity index is 2.59. The van der Waals surface area contributed by atoms with Crippen LogP contribution in [0.25, 0.3) is 0 Å². The molecule has 0 saturated heterocycles. The van der Waals surface area contributed by atoms with Gasteiger partial charge in [0.15, 0.2) is 0 Å². The fourth-order valence-corrected chi connectivity index (χ4v) is 1.84. The average molecular weight is 290 g/mol. The molecule has 0 aliphatic rings. The molecule has 0 spiro atoms. The van der Waals surface area contributed by atoms with Crippen LogP contribution in [0.2, 0.25) is 0 Å². The summed E-state index contributed by atoms with van der Waals surface area (Å²) in [5.41, 5.74) is 1.49. The Morgan fingerprint density at radius 1 is 1.38 bits per heavy atom. The van der Waals surface area contributed by atoms with Gasteiger partial charge < -0.3 is 15.7 Å². The van der Waals surface area contributed by atoms with Crippen molar-refractivity contribution in [1.82, 2.24) is 10.6 Å². The number of benzene rings is 1. The molecule has 0 unspecified atom stereocenters. The van der Waals surface area contributed by atoms with E-state index in [1.165, 1.54) is 0 Å². The van der Waals surface area contributed by atoms with Crippen molar-refractivity contribution in [2.75, 3.05) is 6.61 Å². The van der Waals surface area contributed by atoms with Gasteiger partial charge in [0.25, 0.3) is 5.91 Å². The molecule has 5 nitrogen and oxygen atoms in total. The third-order valence-corrected chi connectivity index (χ3v) is 3.04. The molecule has 1 aromatic rings. The molecule has 0 aromatic heterocycles. The van der Waals surface area contributed by atoms with E-state index < -0.39 is 6.04 Å². The van der Waals surface area contributed by atoms with Gasteiger partial charge in [-0.3, -0.25) is 9.59 Å². The second-order valence-corrected chi connectivity index (χ2v) is 4.98. The molecular formula is C16H22N2O3. The number of amides is 2. The van der Waals surface area contributed by atoms with E-state index >= 15 is 0 Å². The van der Waals surface area contributed by atoms with Crippen molar-refractivity contribution in [3.05, 3.63) is 48.0 Å². The van der Waals surface area contributed by atoms with E-state index in [1.807, 2.05) is 13.0 Å². The second-order valence-electron chi connectivity index (χ2n) is 4.98. The van der Waals surface area contributed by atoms with Crippen molar-refractivity contribution >= 4 is 11.8 Å². The number of hydrogen-bond acceptors (Lipinski definition) is 3. The number of hydrogen-bond donors (Lipinski definition) is 3. The van der Waals surface area contributed by atoms with Crippen LogP contribution in [-0.2, 0) is 4.79 Å². The van der Waals surface area contributed by atoms with Gasteiger partial charge in [0.2, 0.25) is 5.91 Å². The Labute approximate surface area is 125 Å². The first-order valence-electron chi connectivity index (χ1n) is 6.87. The summed E-state index contributed by atoms with van der Waals surface area (Å²) in [6.45, 7) is 6.89. The highest BCUT2D eigenvalue weighted by atomic mass is 16.3. The molecule has 5 heteroatoms. The fraction of sp³-hybridized carbons (Fsp3) is 0.375. The quantitative estimate of drug-likeness (QED) is 0.660. The SMILES string of the molecule is C=CC[C@@H](CO)NC(=O)[C@@H](C)NC(=O)c1cccc(C)c1. The normalized spacial score (nSPS) is 13.1. The summed E-state index contributed by atoms with van der Waals surface area (Å²) in [7, 11) is 0. The number of nitrogens with one attached hydrogen (secondary N) is 2. The molecule has 2 atom stereocenters. The zero-order chi connectivity index (χ0) is 15.8. The maximum absolute atomic E-state index is 12.0. The Kier molecular flexibility index (Phi) is 6.62. The summed E-state index contributed by atoms with van der Waals surface area (Å²) in [6, 6.07) is 6.08. The van der Waals surface area contributed by atoms with E-state index in [9.17, 15) is 9.59 Å². The van der Waals surface area contributed by atoms with Crippen molar-refractivity contribution < 1.29 is 14.7 Å². The molecule has 0 fully saturated rings. The van der Waals surface area contributed by atoms with Crippen molar-refractivity contribution in [2.45, 2.75) is 32.4 Å². The van der Waals surface area contributed by atoms with E-state index in [0.29, 0.717) is 12.0 Å². The van der Waals surface area contributed by atoms with Crippen molar-refractivity contribution in [3.8, 4) is 0 Å². The first-order chi connectivity index (χ1) is 9.97. The van der Waals surface area contributed by atoms with Gasteiger partial charge in [0, 0.05) is 5.56 Å². The topological polar surface area (TPSA) is 78.4 Å². The largest absolute Gasteiger partial charge is 0.394 e. The van der Waals surface area contributed by atoms with Gasteiger partial charge in [0.05, 0.1) is 12.6 Å². The van der Waals surface area contributed by atoms with Gasteiger partial charge in [-0.05, 0) is 32.4 Å². The molecule has 0 heterocycles. The molecule has 2 amide bonds. The lowest BCUT2D eigenvalue weighted by atomic mass is 10.1. The monoisotopic (exact) mass is 290 g/mol. The van der Waals surface area contributed by atoms with Crippen molar-refractivity contribution in [3.63, 3.8) is 0 Å². The van der Waals surface area contributed by atoms with Gasteiger partial charge in [-0.2, -0.15) is 0 Å². The minimum absolute atomic E-state index is 0.170. The Morgan fingerprint density at radius 3 is 2.67 bits per heavy atom. The third kappa shape index (κ3) is 5.39. The highest BCUT2D eigenvalue weighted by Crippen LogP contribution is 2.04. The molecule has 1 aromatic carbocycles. The molecule has 0 bridgehead atoms. The maximum Gasteiger partial charge on any atom is 0.251 e. The van der Waals surface area contributed by atoms with Crippen LogP contribution in [0.5, 0.6) is 0 Å². The number of carbonyl (C=O) groups excluding carboxylic acids is 2. The molecule has 114 valence electrons. The summed E-state index contributed by atoms with van der Waals surface area (Å²) < 4.78 is 0. The lowest BCUT2D eigenvalue weighted by Gasteiger charge is -2.19. The van der Waals surface area contributed by atoms with E-state index in [0.717, 1.165) is 5.56 Å². The van der Waals surface area contributed by atoms with Crippen LogP contribution in [0.15, 0.2) is 36.9 Å². The van der Waals surface area contributed by atoms with E-state index in [1.54, 1.807) is 31.2 Å². The average Bonchev–Trinajstić information content (AvgIpc) is 2.46. The van der Waals surface area contributed by atoms with Crippen LogP contribution < -0.4 is 10.6 Å². The van der Waals surface area contributed by atoms with Crippen LogP contribution in [0, 0.1) is 6.92 Å². The predicted molar refractivity (Wildman–Crippen MR) is 81.9 cm³/mol. The second kappa shape index (κ2) is 8.21. The molecule has 21 heavy (non-hydrogen) atoms. The predicted octanol–water partition coefficient (Wildman–Crippen LogP) is 1.17. The van der Waals surface area contributed by atoms with Crippen molar-refractivity contribution in [1.29, 1.82) is 0 Å². The molecule has 3 N–H and O–H groups in total. The summed E-state index contributed by atoms with van der Waals surface area (Å²) in [5, 5.41) is 14.4. The molecule has 0 aliphatic heterocycles. The summed E-state index contributed by atoms with van der Waals surface area (Å²) in [6.07, 6.45) is 2.10. The number of aliphatic hydroxyl groups is 1. The standard InChI is InChI=1S/C16H22N2O3/c1-4-6-14(10-19)18-15(20)12(3)17-16(21)13-8-5-7-11(2)9-13/h4-5,7-9,12,14,19H,1,6,10H2,2-3H3,(H,17,21)(H,18,20)/t12-,14+/m1/s1.